The van der Waals surface area contributed by atoms with Gasteiger partial charge in [-0.3, -0.25) is 4.79 Å². The molecule has 0 saturated carbocycles. The summed E-state index contributed by atoms with van der Waals surface area (Å²) in [5.41, 5.74) is 0. The van der Waals surface area contributed by atoms with E-state index in [1.165, 1.54) is 24.0 Å². The lowest BCUT2D eigenvalue weighted by Crippen LogP contribution is -2.49. The zero-order valence-electron chi connectivity index (χ0n) is 16.5. The second-order valence-electron chi connectivity index (χ2n) is 7.71. The molecule has 29 heavy (non-hydrogen) atoms. The number of aromatic nitrogens is 2. The number of rotatable bonds is 3. The van der Waals surface area contributed by atoms with Crippen LogP contribution in [-0.4, -0.2) is 60.0 Å². The number of benzene rings is 1. The van der Waals surface area contributed by atoms with E-state index in [4.69, 9.17) is 0 Å². The van der Waals surface area contributed by atoms with Gasteiger partial charge in [-0.2, -0.15) is 0 Å². The Kier molecular flexibility index (Phi) is 5.06. The van der Waals surface area contributed by atoms with Gasteiger partial charge in [-0.25, -0.2) is 9.97 Å². The Labute approximate surface area is 174 Å². The van der Waals surface area contributed by atoms with E-state index in [-0.39, 0.29) is 5.91 Å². The molecule has 4 heterocycles. The molecule has 0 N–H and O–H groups in total. The number of carbonyl (C=O) groups is 1. The number of hydrogen-bond acceptors (Lipinski definition) is 6. The molecule has 6 nitrogen and oxygen atoms in total. The Morgan fingerprint density at radius 3 is 2.24 bits per heavy atom. The van der Waals surface area contributed by atoms with Gasteiger partial charge in [0.15, 0.2) is 0 Å². The molecule has 3 aromatic rings. The normalized spacial score (nSPS) is 17.7. The summed E-state index contributed by atoms with van der Waals surface area (Å²) in [4.78, 5) is 29.4. The van der Waals surface area contributed by atoms with Crippen LogP contribution in [-0.2, 0) is 0 Å². The Hall–Kier alpha value is -2.67. The van der Waals surface area contributed by atoms with Crippen molar-refractivity contribution in [1.82, 2.24) is 14.9 Å². The lowest BCUT2D eigenvalue weighted by Gasteiger charge is -2.35. The number of thiophene rings is 1. The molecule has 0 unspecified atom stereocenters. The third-order valence-electron chi connectivity index (χ3n) is 5.85. The van der Waals surface area contributed by atoms with Gasteiger partial charge in [0, 0.05) is 50.0 Å². The molecule has 5 rings (SSSR count). The third-order valence-corrected chi connectivity index (χ3v) is 6.95. The van der Waals surface area contributed by atoms with Crippen molar-refractivity contribution in [2.24, 2.45) is 0 Å². The summed E-state index contributed by atoms with van der Waals surface area (Å²) in [7, 11) is 0. The molecule has 2 fully saturated rings. The number of fused-ring (bicyclic) bond motifs is 1. The lowest BCUT2D eigenvalue weighted by molar-refractivity contribution is 0.0751. The molecule has 0 bridgehead atoms. The minimum atomic E-state index is 0.141. The third kappa shape index (κ3) is 3.79. The van der Waals surface area contributed by atoms with Gasteiger partial charge in [0.25, 0.3) is 5.91 Å². The molecule has 0 aliphatic carbocycles. The monoisotopic (exact) mass is 407 g/mol. The minimum absolute atomic E-state index is 0.141. The highest BCUT2D eigenvalue weighted by Crippen LogP contribution is 2.27. The number of amides is 1. The van der Waals surface area contributed by atoms with E-state index in [1.807, 2.05) is 23.1 Å². The quantitative estimate of drug-likeness (QED) is 0.663. The number of anilines is 2. The van der Waals surface area contributed by atoms with E-state index in [9.17, 15) is 4.79 Å². The van der Waals surface area contributed by atoms with Gasteiger partial charge in [-0.05, 0) is 36.8 Å². The van der Waals surface area contributed by atoms with E-state index in [2.05, 4.69) is 38.0 Å². The van der Waals surface area contributed by atoms with Gasteiger partial charge in [-0.15, -0.1) is 11.3 Å². The summed E-state index contributed by atoms with van der Waals surface area (Å²) in [5.74, 6) is 2.13. The predicted octanol–water partition coefficient (Wildman–Crippen LogP) is 3.64. The van der Waals surface area contributed by atoms with Crippen LogP contribution in [0.15, 0.2) is 42.7 Å². The van der Waals surface area contributed by atoms with Gasteiger partial charge < -0.3 is 14.7 Å². The number of piperidine rings is 1. The second kappa shape index (κ2) is 7.99. The minimum Gasteiger partial charge on any atom is -0.356 e. The Balaban J connectivity index is 1.25. The first-order valence-corrected chi connectivity index (χ1v) is 11.2. The van der Waals surface area contributed by atoms with E-state index < -0.39 is 0 Å². The second-order valence-corrected chi connectivity index (χ2v) is 8.79. The molecule has 1 aromatic carbocycles. The van der Waals surface area contributed by atoms with Gasteiger partial charge >= 0.3 is 0 Å². The summed E-state index contributed by atoms with van der Waals surface area (Å²) in [6.45, 7) is 5.19. The van der Waals surface area contributed by atoms with E-state index in [1.54, 1.807) is 17.7 Å². The van der Waals surface area contributed by atoms with Crippen molar-refractivity contribution in [3.63, 3.8) is 0 Å². The first-order valence-electron chi connectivity index (χ1n) is 10.4. The van der Waals surface area contributed by atoms with E-state index in [0.717, 1.165) is 61.2 Å². The number of nitrogens with zero attached hydrogens (tertiary/aromatic N) is 5. The summed E-state index contributed by atoms with van der Waals surface area (Å²) in [6.07, 6.45) is 5.45. The maximum absolute atomic E-state index is 13.0. The van der Waals surface area contributed by atoms with Crippen LogP contribution in [0.5, 0.6) is 0 Å². The molecule has 1 amide bonds. The Morgan fingerprint density at radius 1 is 0.828 bits per heavy atom. The van der Waals surface area contributed by atoms with Gasteiger partial charge in [-0.1, -0.05) is 18.2 Å². The van der Waals surface area contributed by atoms with Crippen LogP contribution in [0.3, 0.4) is 0 Å². The molecular formula is C22H25N5OS. The number of piperazine rings is 1. The van der Waals surface area contributed by atoms with Crippen LogP contribution in [0.1, 0.15) is 28.9 Å². The summed E-state index contributed by atoms with van der Waals surface area (Å²) in [6, 6.07) is 12.3. The summed E-state index contributed by atoms with van der Waals surface area (Å²) in [5, 5.41) is 1.14. The van der Waals surface area contributed by atoms with Crippen LogP contribution >= 0.6 is 11.3 Å². The predicted molar refractivity (Wildman–Crippen MR) is 118 cm³/mol. The molecule has 2 aromatic heterocycles. The van der Waals surface area contributed by atoms with Gasteiger partial charge in [0.05, 0.1) is 4.88 Å². The molecule has 2 saturated heterocycles. The molecule has 0 radical (unpaired) electrons. The standard InChI is InChI=1S/C22H25N5OS/c28-22(19-14-17-6-2-3-7-18(17)29-19)27-12-10-26(11-13-27)21-15-20(23-16-24-21)25-8-4-1-5-9-25/h2-3,6-7,14-16H,1,4-5,8-13H2. The fourth-order valence-electron chi connectivity index (χ4n) is 4.19. The molecule has 7 heteroatoms. The first kappa shape index (κ1) is 18.4. The Morgan fingerprint density at radius 2 is 1.52 bits per heavy atom. The number of carbonyl (C=O) groups excluding carboxylic acids is 1. The zero-order chi connectivity index (χ0) is 19.6. The number of hydrogen-bond donors (Lipinski definition) is 0. The van der Waals surface area contributed by atoms with Gasteiger partial charge in [0.2, 0.25) is 0 Å². The molecule has 2 aliphatic heterocycles. The first-order chi connectivity index (χ1) is 14.3. The van der Waals surface area contributed by atoms with E-state index >= 15 is 0 Å². The van der Waals surface area contributed by atoms with Crippen LogP contribution in [0.2, 0.25) is 0 Å². The van der Waals surface area contributed by atoms with E-state index in [0.29, 0.717) is 0 Å². The molecule has 0 spiro atoms. The average molecular weight is 408 g/mol. The fourth-order valence-corrected chi connectivity index (χ4v) is 5.22. The average Bonchev–Trinajstić information content (AvgIpc) is 3.24. The summed E-state index contributed by atoms with van der Waals surface area (Å²) >= 11 is 1.58. The maximum Gasteiger partial charge on any atom is 0.264 e. The molecular weight excluding hydrogens is 382 g/mol. The zero-order valence-corrected chi connectivity index (χ0v) is 17.3. The molecule has 2 aliphatic rings. The highest BCUT2D eigenvalue weighted by atomic mass is 32.1. The molecule has 150 valence electrons. The maximum atomic E-state index is 13.0. The Bertz CT molecular complexity index is 972. The largest absolute Gasteiger partial charge is 0.356 e. The van der Waals surface area contributed by atoms with Crippen LogP contribution in [0.25, 0.3) is 10.1 Å². The van der Waals surface area contributed by atoms with Crippen LogP contribution < -0.4 is 9.80 Å². The smallest absolute Gasteiger partial charge is 0.264 e. The summed E-state index contributed by atoms with van der Waals surface area (Å²) < 4.78 is 1.17. The van der Waals surface area contributed by atoms with Crippen molar-refractivity contribution < 1.29 is 4.79 Å². The van der Waals surface area contributed by atoms with Crippen molar-refractivity contribution in [2.45, 2.75) is 19.3 Å². The van der Waals surface area contributed by atoms with Crippen LogP contribution in [0.4, 0.5) is 11.6 Å². The van der Waals surface area contributed by atoms with Crippen molar-refractivity contribution in [3.8, 4) is 0 Å². The van der Waals surface area contributed by atoms with Crippen LogP contribution in [0, 0.1) is 0 Å². The van der Waals surface area contributed by atoms with Gasteiger partial charge in [0.1, 0.15) is 18.0 Å². The molecule has 0 atom stereocenters. The van der Waals surface area contributed by atoms with Crippen molar-refractivity contribution in [3.05, 3.63) is 47.6 Å². The van der Waals surface area contributed by atoms with Crippen molar-refractivity contribution in [1.29, 1.82) is 0 Å². The van der Waals surface area contributed by atoms with Crippen molar-refractivity contribution in [2.75, 3.05) is 49.1 Å². The SMILES string of the molecule is O=C(c1cc2ccccc2s1)N1CCN(c2cc(N3CCCCC3)ncn2)CC1. The topological polar surface area (TPSA) is 52.6 Å². The fraction of sp³-hybridized carbons (Fsp3) is 0.409. The highest BCUT2D eigenvalue weighted by Gasteiger charge is 2.24. The lowest BCUT2D eigenvalue weighted by atomic mass is 10.1. The van der Waals surface area contributed by atoms with Crippen molar-refractivity contribution >= 4 is 39.0 Å². The highest BCUT2D eigenvalue weighted by molar-refractivity contribution is 7.20.